The summed E-state index contributed by atoms with van der Waals surface area (Å²) in [5.41, 5.74) is 3.40. The fourth-order valence-corrected chi connectivity index (χ4v) is 1.40. The first kappa shape index (κ1) is 12.7. The molecule has 5 nitrogen and oxygen atoms in total. The normalized spacial score (nSPS) is 10.2. The van der Waals surface area contributed by atoms with Crippen molar-refractivity contribution in [2.75, 3.05) is 12.0 Å². The van der Waals surface area contributed by atoms with Gasteiger partial charge in [0.25, 0.3) is 0 Å². The van der Waals surface area contributed by atoms with Gasteiger partial charge < -0.3 is 10.2 Å². The van der Waals surface area contributed by atoms with Gasteiger partial charge in [-0.25, -0.2) is 10.8 Å². The molecule has 5 heteroatoms. The lowest BCUT2D eigenvalue weighted by molar-refractivity contribution is 0.292. The first-order valence-corrected chi connectivity index (χ1v) is 5.63. The molecule has 0 saturated carbocycles. The molecule has 0 amide bonds. The lowest BCUT2D eigenvalue weighted by atomic mass is 10.3. The highest BCUT2D eigenvalue weighted by molar-refractivity contribution is 5.47. The number of nitrogen functional groups attached to an aromatic ring is 1. The maximum absolute atomic E-state index is 5.62. The van der Waals surface area contributed by atoms with Crippen molar-refractivity contribution in [1.29, 1.82) is 0 Å². The Balaban J connectivity index is 2.67. The number of aryl methyl sites for hydroxylation is 1. The Kier molecular flexibility index (Phi) is 4.98. The summed E-state index contributed by atoms with van der Waals surface area (Å²) in [7, 11) is 0. The van der Waals surface area contributed by atoms with Crippen LogP contribution < -0.4 is 16.0 Å². The molecule has 0 aliphatic heterocycles. The number of anilines is 1. The van der Waals surface area contributed by atoms with E-state index in [1.165, 1.54) is 12.8 Å². The van der Waals surface area contributed by atoms with Crippen LogP contribution in [0.4, 0.5) is 5.82 Å². The van der Waals surface area contributed by atoms with E-state index in [4.69, 9.17) is 10.6 Å². The highest BCUT2D eigenvalue weighted by Crippen LogP contribution is 2.21. The number of hydrogen-bond donors (Lipinski definition) is 2. The summed E-state index contributed by atoms with van der Waals surface area (Å²) in [6.45, 7) is 6.56. The van der Waals surface area contributed by atoms with Crippen molar-refractivity contribution < 1.29 is 4.74 Å². The van der Waals surface area contributed by atoms with Gasteiger partial charge in [-0.15, -0.1) is 0 Å². The summed E-state index contributed by atoms with van der Waals surface area (Å²) in [6, 6.07) is 0. The van der Waals surface area contributed by atoms with Gasteiger partial charge in [-0.1, -0.05) is 19.8 Å². The third-order valence-electron chi connectivity index (χ3n) is 2.34. The minimum absolute atomic E-state index is 0.622. The summed E-state index contributed by atoms with van der Waals surface area (Å²) in [4.78, 5) is 8.42. The smallest absolute Gasteiger partial charge is 0.221 e. The standard InChI is InChI=1S/C11H20N4O/c1-4-5-6-7-16-11-8(2)10(15-12)13-9(3)14-11/h4-7,12H2,1-3H3,(H,13,14,15). The molecule has 0 spiro atoms. The highest BCUT2D eigenvalue weighted by Gasteiger charge is 2.08. The molecule has 16 heavy (non-hydrogen) atoms. The average molecular weight is 224 g/mol. The van der Waals surface area contributed by atoms with Gasteiger partial charge in [-0.05, 0) is 20.3 Å². The van der Waals surface area contributed by atoms with E-state index in [1.807, 2.05) is 13.8 Å². The monoisotopic (exact) mass is 224 g/mol. The second-order valence-electron chi connectivity index (χ2n) is 3.75. The van der Waals surface area contributed by atoms with Gasteiger partial charge in [0.1, 0.15) is 11.6 Å². The third-order valence-corrected chi connectivity index (χ3v) is 2.34. The Hall–Kier alpha value is -1.36. The molecule has 1 aromatic rings. The van der Waals surface area contributed by atoms with Gasteiger partial charge in [-0.3, -0.25) is 0 Å². The quantitative estimate of drug-likeness (QED) is 0.439. The Labute approximate surface area is 96.4 Å². The zero-order valence-corrected chi connectivity index (χ0v) is 10.2. The Morgan fingerprint density at radius 1 is 1.25 bits per heavy atom. The van der Waals surface area contributed by atoms with Crippen LogP contribution in [0.15, 0.2) is 0 Å². The van der Waals surface area contributed by atoms with Crippen LogP contribution >= 0.6 is 0 Å². The van der Waals surface area contributed by atoms with Crippen molar-refractivity contribution in [2.45, 2.75) is 40.0 Å². The van der Waals surface area contributed by atoms with Crippen molar-refractivity contribution in [3.8, 4) is 5.88 Å². The van der Waals surface area contributed by atoms with Crippen LogP contribution in [0.1, 0.15) is 37.6 Å². The van der Waals surface area contributed by atoms with E-state index in [0.717, 1.165) is 12.0 Å². The van der Waals surface area contributed by atoms with Crippen LogP contribution in [-0.4, -0.2) is 16.6 Å². The molecular weight excluding hydrogens is 204 g/mol. The molecule has 0 atom stereocenters. The first-order valence-electron chi connectivity index (χ1n) is 5.63. The van der Waals surface area contributed by atoms with Crippen LogP contribution in [-0.2, 0) is 0 Å². The number of unbranched alkanes of at least 4 members (excludes halogenated alkanes) is 2. The average Bonchev–Trinajstić information content (AvgIpc) is 2.28. The van der Waals surface area contributed by atoms with Crippen LogP contribution in [0, 0.1) is 13.8 Å². The topological polar surface area (TPSA) is 73.1 Å². The van der Waals surface area contributed by atoms with Gasteiger partial charge in [-0.2, -0.15) is 4.98 Å². The third kappa shape index (κ3) is 3.34. The number of nitrogens with zero attached hydrogens (tertiary/aromatic N) is 2. The Bertz CT molecular complexity index is 341. The maximum Gasteiger partial charge on any atom is 0.221 e. The molecule has 3 N–H and O–H groups in total. The van der Waals surface area contributed by atoms with Crippen molar-refractivity contribution in [3.05, 3.63) is 11.4 Å². The van der Waals surface area contributed by atoms with Crippen molar-refractivity contribution in [1.82, 2.24) is 9.97 Å². The van der Waals surface area contributed by atoms with Gasteiger partial charge >= 0.3 is 0 Å². The molecule has 1 rings (SSSR count). The van der Waals surface area contributed by atoms with Gasteiger partial charge in [0.15, 0.2) is 0 Å². The number of aromatic nitrogens is 2. The van der Waals surface area contributed by atoms with E-state index in [1.54, 1.807) is 0 Å². The van der Waals surface area contributed by atoms with Crippen LogP contribution in [0.2, 0.25) is 0 Å². The molecule has 0 aliphatic carbocycles. The number of hydrazine groups is 1. The summed E-state index contributed by atoms with van der Waals surface area (Å²) in [6.07, 6.45) is 3.40. The van der Waals surface area contributed by atoms with Crippen LogP contribution in [0.5, 0.6) is 5.88 Å². The Morgan fingerprint density at radius 2 is 2.00 bits per heavy atom. The van der Waals surface area contributed by atoms with Crippen molar-refractivity contribution in [3.63, 3.8) is 0 Å². The first-order chi connectivity index (χ1) is 7.69. The molecule has 0 radical (unpaired) electrons. The molecule has 1 aromatic heterocycles. The zero-order chi connectivity index (χ0) is 12.0. The SMILES string of the molecule is CCCCCOc1nc(C)nc(NN)c1C. The maximum atomic E-state index is 5.62. The number of rotatable bonds is 6. The molecule has 0 fully saturated rings. The van der Waals surface area contributed by atoms with Crippen LogP contribution in [0.3, 0.4) is 0 Å². The minimum atomic E-state index is 0.622. The predicted molar refractivity (Wildman–Crippen MR) is 64.3 cm³/mol. The number of nitrogens with two attached hydrogens (primary N) is 1. The fourth-order valence-electron chi connectivity index (χ4n) is 1.40. The summed E-state index contributed by atoms with van der Waals surface area (Å²) >= 11 is 0. The predicted octanol–water partition coefficient (Wildman–Crippen LogP) is 1.95. The summed E-state index contributed by atoms with van der Waals surface area (Å²) < 4.78 is 5.62. The Morgan fingerprint density at radius 3 is 2.62 bits per heavy atom. The van der Waals surface area contributed by atoms with Gasteiger partial charge in [0, 0.05) is 0 Å². The lowest BCUT2D eigenvalue weighted by Gasteiger charge is -2.11. The summed E-state index contributed by atoms with van der Waals surface area (Å²) in [5.74, 6) is 7.27. The molecule has 0 unspecified atom stereocenters. The highest BCUT2D eigenvalue weighted by atomic mass is 16.5. The molecule has 0 aliphatic rings. The minimum Gasteiger partial charge on any atom is -0.477 e. The second-order valence-corrected chi connectivity index (χ2v) is 3.75. The largest absolute Gasteiger partial charge is 0.477 e. The van der Waals surface area contributed by atoms with E-state index in [2.05, 4.69) is 22.3 Å². The van der Waals surface area contributed by atoms with Gasteiger partial charge in [0.05, 0.1) is 12.2 Å². The zero-order valence-electron chi connectivity index (χ0n) is 10.2. The van der Waals surface area contributed by atoms with Crippen molar-refractivity contribution >= 4 is 5.82 Å². The van der Waals surface area contributed by atoms with E-state index < -0.39 is 0 Å². The molecule has 0 saturated heterocycles. The fraction of sp³-hybridized carbons (Fsp3) is 0.636. The van der Waals surface area contributed by atoms with Gasteiger partial charge in [0.2, 0.25) is 5.88 Å². The van der Waals surface area contributed by atoms with E-state index in [0.29, 0.717) is 24.1 Å². The van der Waals surface area contributed by atoms with E-state index in [-0.39, 0.29) is 0 Å². The molecule has 90 valence electrons. The second kappa shape index (κ2) is 6.27. The van der Waals surface area contributed by atoms with E-state index >= 15 is 0 Å². The van der Waals surface area contributed by atoms with Crippen molar-refractivity contribution in [2.24, 2.45) is 5.84 Å². The molecule has 1 heterocycles. The number of ether oxygens (including phenoxy) is 1. The lowest BCUT2D eigenvalue weighted by Crippen LogP contribution is -2.13. The molecule has 0 aromatic carbocycles. The van der Waals surface area contributed by atoms with Crippen LogP contribution in [0.25, 0.3) is 0 Å². The number of nitrogens with one attached hydrogen (secondary N) is 1. The number of hydrogen-bond acceptors (Lipinski definition) is 5. The van der Waals surface area contributed by atoms with E-state index in [9.17, 15) is 0 Å². The summed E-state index contributed by atoms with van der Waals surface area (Å²) in [5, 5.41) is 0. The molecular formula is C11H20N4O. The molecule has 0 bridgehead atoms.